The lowest BCUT2D eigenvalue weighted by Gasteiger charge is -2.07. The highest BCUT2D eigenvalue weighted by Crippen LogP contribution is 2.29. The van der Waals surface area contributed by atoms with Gasteiger partial charge in [-0.2, -0.15) is 9.61 Å². The molecule has 6 nitrogen and oxygen atoms in total. The SMILES string of the molecule is BrC1CNNC1c1nn2c(-c3ccccc3)nnc2s1. The molecule has 0 aliphatic carbocycles. The zero-order valence-electron chi connectivity index (χ0n) is 10.3. The number of hydrogen-bond acceptors (Lipinski definition) is 6. The van der Waals surface area contributed by atoms with Crippen molar-refractivity contribution < 1.29 is 0 Å². The Morgan fingerprint density at radius 3 is 2.85 bits per heavy atom. The van der Waals surface area contributed by atoms with Crippen LogP contribution < -0.4 is 10.9 Å². The first kappa shape index (κ1) is 12.4. The van der Waals surface area contributed by atoms with Crippen LogP contribution in [0.4, 0.5) is 0 Å². The van der Waals surface area contributed by atoms with E-state index in [-0.39, 0.29) is 6.04 Å². The highest BCUT2D eigenvalue weighted by atomic mass is 79.9. The summed E-state index contributed by atoms with van der Waals surface area (Å²) in [7, 11) is 0. The largest absolute Gasteiger partial charge is 0.256 e. The molecule has 2 unspecified atom stereocenters. The van der Waals surface area contributed by atoms with Crippen LogP contribution in [-0.4, -0.2) is 31.2 Å². The average molecular weight is 351 g/mol. The van der Waals surface area contributed by atoms with Crippen molar-refractivity contribution in [2.45, 2.75) is 10.9 Å². The van der Waals surface area contributed by atoms with Crippen molar-refractivity contribution in [3.8, 4) is 11.4 Å². The fourth-order valence-corrected chi connectivity index (χ4v) is 3.89. The van der Waals surface area contributed by atoms with Gasteiger partial charge in [0.25, 0.3) is 0 Å². The summed E-state index contributed by atoms with van der Waals surface area (Å²) < 4.78 is 1.81. The van der Waals surface area contributed by atoms with Gasteiger partial charge in [-0.3, -0.25) is 5.43 Å². The molecule has 0 spiro atoms. The van der Waals surface area contributed by atoms with Gasteiger partial charge in [-0.05, 0) is 0 Å². The number of nitrogens with one attached hydrogen (secondary N) is 2. The van der Waals surface area contributed by atoms with E-state index in [2.05, 4.69) is 42.1 Å². The molecule has 2 atom stereocenters. The molecule has 1 aromatic carbocycles. The second-order valence-corrected chi connectivity index (χ2v) is 6.71. The zero-order chi connectivity index (χ0) is 13.5. The van der Waals surface area contributed by atoms with Crippen LogP contribution in [0.1, 0.15) is 11.0 Å². The smallest absolute Gasteiger partial charge is 0.235 e. The lowest BCUT2D eigenvalue weighted by Crippen LogP contribution is -2.25. The van der Waals surface area contributed by atoms with Crippen molar-refractivity contribution in [2.75, 3.05) is 6.54 Å². The van der Waals surface area contributed by atoms with E-state index in [4.69, 9.17) is 0 Å². The van der Waals surface area contributed by atoms with Crippen LogP contribution in [0.2, 0.25) is 0 Å². The molecule has 1 saturated heterocycles. The van der Waals surface area contributed by atoms with Crippen molar-refractivity contribution >= 4 is 32.2 Å². The molecule has 1 aliphatic rings. The van der Waals surface area contributed by atoms with Gasteiger partial charge in [0.05, 0.1) is 10.9 Å². The van der Waals surface area contributed by atoms with E-state index in [9.17, 15) is 0 Å². The van der Waals surface area contributed by atoms with E-state index in [0.29, 0.717) is 4.83 Å². The Labute approximate surface area is 127 Å². The zero-order valence-corrected chi connectivity index (χ0v) is 12.7. The van der Waals surface area contributed by atoms with Crippen LogP contribution >= 0.6 is 27.3 Å². The standard InChI is InChI=1S/C12H11BrN6S/c13-8-6-14-15-9(8)11-18-19-10(16-17-12(19)20-11)7-4-2-1-3-5-7/h1-5,8-9,14-15H,6H2. The Morgan fingerprint density at radius 1 is 1.25 bits per heavy atom. The van der Waals surface area contributed by atoms with E-state index >= 15 is 0 Å². The Kier molecular flexibility index (Phi) is 3.03. The maximum Gasteiger partial charge on any atom is 0.235 e. The van der Waals surface area contributed by atoms with Gasteiger partial charge in [-0.1, -0.05) is 57.6 Å². The van der Waals surface area contributed by atoms with Crippen LogP contribution in [-0.2, 0) is 0 Å². The maximum atomic E-state index is 4.66. The number of halogens is 1. The third-order valence-electron chi connectivity index (χ3n) is 3.22. The minimum Gasteiger partial charge on any atom is -0.256 e. The summed E-state index contributed by atoms with van der Waals surface area (Å²) in [6.45, 7) is 0.871. The molecule has 2 N–H and O–H groups in total. The number of alkyl halides is 1. The minimum atomic E-state index is 0.158. The third-order valence-corrected chi connectivity index (χ3v) is 5.06. The van der Waals surface area contributed by atoms with Crippen LogP contribution in [0, 0.1) is 0 Å². The topological polar surface area (TPSA) is 67.1 Å². The quantitative estimate of drug-likeness (QED) is 0.689. The fourth-order valence-electron chi connectivity index (χ4n) is 2.22. The fraction of sp³-hybridized carbons (Fsp3) is 0.250. The molecule has 0 radical (unpaired) electrons. The lowest BCUT2D eigenvalue weighted by molar-refractivity contribution is 0.576. The number of nitrogens with zero attached hydrogens (tertiary/aromatic N) is 4. The summed E-state index contributed by atoms with van der Waals surface area (Å²) >= 11 is 5.21. The van der Waals surface area contributed by atoms with Gasteiger partial charge in [0.15, 0.2) is 5.82 Å². The number of benzene rings is 1. The molecule has 3 heterocycles. The normalized spacial score (nSPS) is 22.6. The Bertz CT molecular complexity index is 739. The summed E-state index contributed by atoms with van der Waals surface area (Å²) in [6.07, 6.45) is 0. The molecule has 0 amide bonds. The average Bonchev–Trinajstić information content (AvgIpc) is 3.13. The van der Waals surface area contributed by atoms with Gasteiger partial charge in [0.2, 0.25) is 4.96 Å². The molecule has 1 aliphatic heterocycles. The van der Waals surface area contributed by atoms with Gasteiger partial charge in [-0.15, -0.1) is 10.2 Å². The molecule has 2 aromatic heterocycles. The molecule has 8 heteroatoms. The third kappa shape index (κ3) is 1.96. The van der Waals surface area contributed by atoms with Crippen molar-refractivity contribution in [1.82, 2.24) is 30.7 Å². The number of rotatable bonds is 2. The predicted octanol–water partition coefficient (Wildman–Crippen LogP) is 1.77. The van der Waals surface area contributed by atoms with E-state index in [1.54, 1.807) is 11.3 Å². The first-order valence-electron chi connectivity index (χ1n) is 6.23. The summed E-state index contributed by atoms with van der Waals surface area (Å²) in [4.78, 5) is 1.14. The summed E-state index contributed by atoms with van der Waals surface area (Å²) in [5.74, 6) is 0.778. The van der Waals surface area contributed by atoms with Crippen LogP contribution in [0.25, 0.3) is 16.3 Å². The van der Waals surface area contributed by atoms with E-state index in [1.165, 1.54) is 0 Å². The minimum absolute atomic E-state index is 0.158. The van der Waals surface area contributed by atoms with E-state index in [1.807, 2.05) is 34.8 Å². The molecular weight excluding hydrogens is 340 g/mol. The monoisotopic (exact) mass is 350 g/mol. The predicted molar refractivity (Wildman–Crippen MR) is 80.7 cm³/mol. The van der Waals surface area contributed by atoms with Crippen molar-refractivity contribution in [2.24, 2.45) is 0 Å². The first-order valence-corrected chi connectivity index (χ1v) is 7.96. The maximum absolute atomic E-state index is 4.66. The Hall–Kier alpha value is -1.35. The molecule has 0 bridgehead atoms. The number of hydrogen-bond donors (Lipinski definition) is 2. The molecule has 4 rings (SSSR count). The second kappa shape index (κ2) is 4.88. The Morgan fingerprint density at radius 2 is 2.10 bits per heavy atom. The van der Waals surface area contributed by atoms with Gasteiger partial charge in [-0.25, -0.2) is 5.43 Å². The molecular formula is C12H11BrN6S. The van der Waals surface area contributed by atoms with Gasteiger partial charge in [0, 0.05) is 12.1 Å². The van der Waals surface area contributed by atoms with Crippen LogP contribution in [0.3, 0.4) is 0 Å². The number of hydrazine groups is 1. The molecule has 20 heavy (non-hydrogen) atoms. The second-order valence-electron chi connectivity index (χ2n) is 4.54. The van der Waals surface area contributed by atoms with Crippen molar-refractivity contribution in [3.05, 3.63) is 35.3 Å². The van der Waals surface area contributed by atoms with Gasteiger partial charge in [0.1, 0.15) is 5.01 Å². The summed E-state index contributed by atoms with van der Waals surface area (Å²) in [6, 6.07) is 10.1. The van der Waals surface area contributed by atoms with Gasteiger partial charge >= 0.3 is 0 Å². The molecule has 3 aromatic rings. The van der Waals surface area contributed by atoms with Crippen LogP contribution in [0.5, 0.6) is 0 Å². The Balaban J connectivity index is 1.79. The van der Waals surface area contributed by atoms with E-state index in [0.717, 1.165) is 27.9 Å². The number of fused-ring (bicyclic) bond motifs is 1. The molecule has 1 fully saturated rings. The highest BCUT2D eigenvalue weighted by Gasteiger charge is 2.29. The molecule has 102 valence electrons. The van der Waals surface area contributed by atoms with Crippen molar-refractivity contribution in [1.29, 1.82) is 0 Å². The number of aromatic nitrogens is 4. The highest BCUT2D eigenvalue weighted by molar-refractivity contribution is 9.09. The molecule has 0 saturated carbocycles. The van der Waals surface area contributed by atoms with Gasteiger partial charge < -0.3 is 0 Å². The summed E-state index contributed by atoms with van der Waals surface area (Å²) in [5.41, 5.74) is 7.37. The van der Waals surface area contributed by atoms with Crippen LogP contribution in [0.15, 0.2) is 30.3 Å². The summed E-state index contributed by atoms with van der Waals surface area (Å²) in [5, 5.41) is 14.1. The lowest BCUT2D eigenvalue weighted by atomic mass is 10.2. The van der Waals surface area contributed by atoms with E-state index < -0.39 is 0 Å². The van der Waals surface area contributed by atoms with Crippen molar-refractivity contribution in [3.63, 3.8) is 0 Å². The first-order chi connectivity index (χ1) is 9.83.